The van der Waals surface area contributed by atoms with Gasteiger partial charge in [0.2, 0.25) is 5.91 Å². The Morgan fingerprint density at radius 3 is 2.65 bits per heavy atom. The predicted molar refractivity (Wildman–Crippen MR) is 72.9 cm³/mol. The van der Waals surface area contributed by atoms with E-state index in [1.165, 1.54) is 4.88 Å². The summed E-state index contributed by atoms with van der Waals surface area (Å²) in [7, 11) is 0. The van der Waals surface area contributed by atoms with Crippen molar-refractivity contribution in [3.8, 4) is 0 Å². The van der Waals surface area contributed by atoms with Crippen molar-refractivity contribution >= 4 is 17.2 Å². The number of carbonyl (C=O) groups excluding carboxylic acids is 1. The Balaban J connectivity index is 2.60. The van der Waals surface area contributed by atoms with Crippen LogP contribution in [0.5, 0.6) is 0 Å². The van der Waals surface area contributed by atoms with Crippen LogP contribution in [0.3, 0.4) is 0 Å². The Labute approximate surface area is 107 Å². The van der Waals surface area contributed by atoms with Gasteiger partial charge in [-0.25, -0.2) is 0 Å². The number of thiophene rings is 1. The van der Waals surface area contributed by atoms with E-state index in [1.54, 1.807) is 11.3 Å². The second kappa shape index (κ2) is 6.77. The van der Waals surface area contributed by atoms with Gasteiger partial charge in [-0.2, -0.15) is 0 Å². The molecule has 1 amide bonds. The van der Waals surface area contributed by atoms with E-state index in [0.29, 0.717) is 0 Å². The van der Waals surface area contributed by atoms with Gasteiger partial charge in [-0.3, -0.25) is 4.79 Å². The predicted octanol–water partition coefficient (Wildman–Crippen LogP) is 2.69. The lowest BCUT2D eigenvalue weighted by molar-refractivity contribution is -0.124. The number of hydrogen-bond donors (Lipinski definition) is 2. The zero-order valence-electron chi connectivity index (χ0n) is 10.8. The van der Waals surface area contributed by atoms with Crippen LogP contribution in [-0.4, -0.2) is 11.9 Å². The highest BCUT2D eigenvalue weighted by Gasteiger charge is 2.22. The summed E-state index contributed by atoms with van der Waals surface area (Å²) in [6, 6.07) is 3.74. The van der Waals surface area contributed by atoms with Gasteiger partial charge in [0.05, 0.1) is 12.1 Å². The SMILES string of the molecule is CCC(NC(=O)C(N)C(C)CC)c1cccs1. The zero-order valence-corrected chi connectivity index (χ0v) is 11.6. The minimum atomic E-state index is -0.408. The maximum atomic E-state index is 12.0. The summed E-state index contributed by atoms with van der Waals surface area (Å²) in [5.74, 6) is 0.176. The first-order chi connectivity index (χ1) is 8.10. The zero-order chi connectivity index (χ0) is 12.8. The molecule has 96 valence electrons. The summed E-state index contributed by atoms with van der Waals surface area (Å²) in [6.07, 6.45) is 1.81. The summed E-state index contributed by atoms with van der Waals surface area (Å²) in [5, 5.41) is 5.06. The van der Waals surface area contributed by atoms with Crippen LogP contribution in [0, 0.1) is 5.92 Å². The molecule has 0 aliphatic carbocycles. The normalized spacial score (nSPS) is 16.2. The Morgan fingerprint density at radius 2 is 2.18 bits per heavy atom. The molecule has 0 fully saturated rings. The van der Waals surface area contributed by atoms with Crippen molar-refractivity contribution in [3.63, 3.8) is 0 Å². The van der Waals surface area contributed by atoms with Crippen molar-refractivity contribution in [3.05, 3.63) is 22.4 Å². The van der Waals surface area contributed by atoms with Crippen LogP contribution in [0.4, 0.5) is 0 Å². The molecule has 0 saturated carbocycles. The third kappa shape index (κ3) is 3.82. The number of nitrogens with two attached hydrogens (primary N) is 1. The standard InChI is InChI=1S/C13H22N2OS/c1-4-9(3)12(14)13(16)15-10(5-2)11-7-6-8-17-11/h6-10,12H,4-5,14H2,1-3H3,(H,15,16). The van der Waals surface area contributed by atoms with Crippen molar-refractivity contribution in [1.29, 1.82) is 0 Å². The molecule has 0 radical (unpaired) electrons. The molecule has 0 aromatic carbocycles. The van der Waals surface area contributed by atoms with Gasteiger partial charge in [0.1, 0.15) is 0 Å². The Kier molecular flexibility index (Phi) is 5.65. The topological polar surface area (TPSA) is 55.1 Å². The van der Waals surface area contributed by atoms with Crippen LogP contribution in [0.15, 0.2) is 17.5 Å². The number of nitrogens with one attached hydrogen (secondary N) is 1. The second-order valence-corrected chi connectivity index (χ2v) is 5.38. The molecule has 3 unspecified atom stereocenters. The molecule has 0 bridgehead atoms. The van der Waals surface area contributed by atoms with E-state index in [0.717, 1.165) is 12.8 Å². The maximum absolute atomic E-state index is 12.0. The monoisotopic (exact) mass is 254 g/mol. The van der Waals surface area contributed by atoms with E-state index in [2.05, 4.69) is 12.2 Å². The molecule has 0 saturated heterocycles. The van der Waals surface area contributed by atoms with Gasteiger partial charge in [-0.1, -0.05) is 33.3 Å². The quantitative estimate of drug-likeness (QED) is 0.820. The molecule has 1 heterocycles. The van der Waals surface area contributed by atoms with Gasteiger partial charge in [0, 0.05) is 4.88 Å². The van der Waals surface area contributed by atoms with Crippen LogP contribution in [-0.2, 0) is 4.79 Å². The van der Waals surface area contributed by atoms with Crippen molar-refractivity contribution in [2.45, 2.75) is 45.7 Å². The molecule has 17 heavy (non-hydrogen) atoms. The highest BCUT2D eigenvalue weighted by molar-refractivity contribution is 7.10. The fraction of sp³-hybridized carbons (Fsp3) is 0.615. The molecule has 1 aromatic rings. The number of carbonyl (C=O) groups is 1. The van der Waals surface area contributed by atoms with Crippen molar-refractivity contribution in [2.75, 3.05) is 0 Å². The first-order valence-electron chi connectivity index (χ1n) is 6.19. The number of hydrogen-bond acceptors (Lipinski definition) is 3. The van der Waals surface area contributed by atoms with Crippen LogP contribution in [0.1, 0.15) is 44.5 Å². The Morgan fingerprint density at radius 1 is 1.47 bits per heavy atom. The summed E-state index contributed by atoms with van der Waals surface area (Å²) >= 11 is 1.67. The van der Waals surface area contributed by atoms with Crippen LogP contribution in [0.25, 0.3) is 0 Å². The summed E-state index contributed by atoms with van der Waals surface area (Å²) in [5.41, 5.74) is 5.92. The van der Waals surface area contributed by atoms with Gasteiger partial charge >= 0.3 is 0 Å². The highest BCUT2D eigenvalue weighted by atomic mass is 32.1. The third-order valence-electron chi connectivity index (χ3n) is 3.17. The molecule has 3 atom stereocenters. The van der Waals surface area contributed by atoms with E-state index in [1.807, 2.05) is 31.4 Å². The fourth-order valence-corrected chi connectivity index (χ4v) is 2.51. The van der Waals surface area contributed by atoms with Gasteiger partial charge in [-0.05, 0) is 23.8 Å². The molecule has 3 N–H and O–H groups in total. The van der Waals surface area contributed by atoms with Crippen LogP contribution >= 0.6 is 11.3 Å². The molecule has 1 rings (SSSR count). The first kappa shape index (κ1) is 14.2. The molecule has 3 nitrogen and oxygen atoms in total. The van der Waals surface area contributed by atoms with Crippen molar-refractivity contribution < 1.29 is 4.79 Å². The lowest BCUT2D eigenvalue weighted by Crippen LogP contribution is -2.45. The smallest absolute Gasteiger partial charge is 0.237 e. The molecule has 0 aliphatic heterocycles. The van der Waals surface area contributed by atoms with E-state index < -0.39 is 6.04 Å². The van der Waals surface area contributed by atoms with E-state index in [4.69, 9.17) is 5.73 Å². The lowest BCUT2D eigenvalue weighted by Gasteiger charge is -2.22. The summed E-state index contributed by atoms with van der Waals surface area (Å²) in [4.78, 5) is 13.2. The molecular formula is C13H22N2OS. The van der Waals surface area contributed by atoms with Crippen LogP contribution in [0.2, 0.25) is 0 Å². The number of rotatable bonds is 6. The Bertz CT molecular complexity index is 337. The molecule has 0 spiro atoms. The molecule has 4 heteroatoms. The average Bonchev–Trinajstić information content (AvgIpc) is 2.87. The molecular weight excluding hydrogens is 232 g/mol. The Hall–Kier alpha value is -0.870. The van der Waals surface area contributed by atoms with Gasteiger partial charge in [0.25, 0.3) is 0 Å². The summed E-state index contributed by atoms with van der Waals surface area (Å²) in [6.45, 7) is 6.13. The van der Waals surface area contributed by atoms with Gasteiger partial charge < -0.3 is 11.1 Å². The summed E-state index contributed by atoms with van der Waals surface area (Å²) < 4.78 is 0. The minimum absolute atomic E-state index is 0.0420. The van der Waals surface area contributed by atoms with E-state index >= 15 is 0 Å². The van der Waals surface area contributed by atoms with E-state index in [-0.39, 0.29) is 17.9 Å². The maximum Gasteiger partial charge on any atom is 0.237 e. The fourth-order valence-electron chi connectivity index (χ4n) is 1.64. The largest absolute Gasteiger partial charge is 0.347 e. The van der Waals surface area contributed by atoms with Crippen molar-refractivity contribution in [2.24, 2.45) is 11.7 Å². The molecule has 1 aromatic heterocycles. The van der Waals surface area contributed by atoms with Gasteiger partial charge in [-0.15, -0.1) is 11.3 Å². The number of amides is 1. The van der Waals surface area contributed by atoms with Gasteiger partial charge in [0.15, 0.2) is 0 Å². The first-order valence-corrected chi connectivity index (χ1v) is 7.07. The highest BCUT2D eigenvalue weighted by Crippen LogP contribution is 2.22. The average molecular weight is 254 g/mol. The minimum Gasteiger partial charge on any atom is -0.347 e. The van der Waals surface area contributed by atoms with Crippen molar-refractivity contribution in [1.82, 2.24) is 5.32 Å². The van der Waals surface area contributed by atoms with E-state index in [9.17, 15) is 4.79 Å². The third-order valence-corrected chi connectivity index (χ3v) is 4.16. The lowest BCUT2D eigenvalue weighted by atomic mass is 9.99. The second-order valence-electron chi connectivity index (χ2n) is 4.40. The molecule has 0 aliphatic rings. The van der Waals surface area contributed by atoms with Crippen LogP contribution < -0.4 is 11.1 Å².